The second kappa shape index (κ2) is 7.04. The Hall–Kier alpha value is -1.40. The summed E-state index contributed by atoms with van der Waals surface area (Å²) < 4.78 is 24.1. The Labute approximate surface area is 127 Å². The van der Waals surface area contributed by atoms with Crippen molar-refractivity contribution in [1.82, 2.24) is 10.0 Å². The van der Waals surface area contributed by atoms with E-state index in [0.29, 0.717) is 6.54 Å². The van der Waals surface area contributed by atoms with E-state index in [1.54, 1.807) is 0 Å². The summed E-state index contributed by atoms with van der Waals surface area (Å²) >= 11 is 0. The number of hydrogen-bond acceptors (Lipinski definition) is 3. The van der Waals surface area contributed by atoms with Crippen molar-refractivity contribution >= 4 is 15.9 Å². The number of hydrogen-bond donors (Lipinski definition) is 2. The predicted octanol–water partition coefficient (Wildman–Crippen LogP) is 1.33. The fourth-order valence-electron chi connectivity index (χ4n) is 1.86. The Bertz CT molecular complexity index is 577. The summed E-state index contributed by atoms with van der Waals surface area (Å²) in [5, 5.41) is 2.85. The predicted molar refractivity (Wildman–Crippen MR) is 84.7 cm³/mol. The van der Waals surface area contributed by atoms with Gasteiger partial charge in [0.05, 0.1) is 6.26 Å². The van der Waals surface area contributed by atoms with E-state index in [-0.39, 0.29) is 24.3 Å². The lowest BCUT2D eigenvalue weighted by Crippen LogP contribution is -2.38. The van der Waals surface area contributed by atoms with Crippen molar-refractivity contribution in [2.75, 3.05) is 19.3 Å². The molecule has 0 saturated carbocycles. The molecule has 0 spiro atoms. The second-order valence-corrected chi connectivity index (χ2v) is 7.78. The molecule has 0 aromatic heterocycles. The first-order valence-electron chi connectivity index (χ1n) is 6.89. The molecule has 1 rings (SSSR count). The summed E-state index contributed by atoms with van der Waals surface area (Å²) in [4.78, 5) is 11.7. The fourth-order valence-corrected chi connectivity index (χ4v) is 2.34. The quantitative estimate of drug-likeness (QED) is 0.797. The van der Waals surface area contributed by atoms with Crippen molar-refractivity contribution in [3.05, 3.63) is 35.4 Å². The lowest BCUT2D eigenvalue weighted by Gasteiger charge is -2.26. The van der Waals surface area contributed by atoms with Gasteiger partial charge in [-0.05, 0) is 12.5 Å². The van der Waals surface area contributed by atoms with E-state index in [1.807, 2.05) is 6.92 Å². The van der Waals surface area contributed by atoms with Gasteiger partial charge in [-0.2, -0.15) is 0 Å². The molecule has 118 valence electrons. The van der Waals surface area contributed by atoms with Crippen LogP contribution < -0.4 is 10.0 Å². The topological polar surface area (TPSA) is 75.3 Å². The third-order valence-electron chi connectivity index (χ3n) is 3.28. The van der Waals surface area contributed by atoms with Crippen molar-refractivity contribution in [2.45, 2.75) is 32.6 Å². The highest BCUT2D eigenvalue weighted by Gasteiger charge is 2.21. The number of sulfonamides is 1. The first-order chi connectivity index (χ1) is 9.60. The molecule has 21 heavy (non-hydrogen) atoms. The van der Waals surface area contributed by atoms with Gasteiger partial charge in [0, 0.05) is 24.9 Å². The van der Waals surface area contributed by atoms with E-state index >= 15 is 0 Å². The summed E-state index contributed by atoms with van der Waals surface area (Å²) in [6.45, 7) is 6.79. The van der Waals surface area contributed by atoms with Crippen molar-refractivity contribution < 1.29 is 13.2 Å². The van der Waals surface area contributed by atoms with Gasteiger partial charge >= 0.3 is 0 Å². The van der Waals surface area contributed by atoms with Gasteiger partial charge in [0.25, 0.3) is 0 Å². The number of nitrogens with one attached hydrogen (secondary N) is 2. The van der Waals surface area contributed by atoms with Crippen LogP contribution in [0.15, 0.2) is 24.3 Å². The lowest BCUT2D eigenvalue weighted by molar-refractivity contribution is -0.121. The molecule has 6 heteroatoms. The second-order valence-electron chi connectivity index (χ2n) is 5.94. The third-order valence-corrected chi connectivity index (χ3v) is 4.01. The summed E-state index contributed by atoms with van der Waals surface area (Å²) in [5.74, 6) is -0.161. The first kappa shape index (κ1) is 17.7. The maximum atomic E-state index is 11.7. The smallest absolute Gasteiger partial charge is 0.221 e. The minimum absolute atomic E-state index is 0.121. The SMILES string of the molecule is Cc1ccc(C(C)(C)CNC(=O)CCNS(C)(=O)=O)cc1. The van der Waals surface area contributed by atoms with Crippen LogP contribution >= 0.6 is 0 Å². The summed E-state index contributed by atoms with van der Waals surface area (Å²) in [6.07, 6.45) is 1.21. The molecule has 0 aliphatic heterocycles. The van der Waals surface area contributed by atoms with Crippen LogP contribution in [0.25, 0.3) is 0 Å². The van der Waals surface area contributed by atoms with Crippen LogP contribution in [0.5, 0.6) is 0 Å². The number of benzene rings is 1. The van der Waals surface area contributed by atoms with Gasteiger partial charge in [0.2, 0.25) is 15.9 Å². The zero-order chi connectivity index (χ0) is 16.1. The molecule has 0 heterocycles. The van der Waals surface area contributed by atoms with Gasteiger partial charge in [-0.3, -0.25) is 4.79 Å². The largest absolute Gasteiger partial charge is 0.355 e. The molecule has 0 radical (unpaired) electrons. The van der Waals surface area contributed by atoms with E-state index in [2.05, 4.69) is 48.2 Å². The molecule has 0 atom stereocenters. The highest BCUT2D eigenvalue weighted by Crippen LogP contribution is 2.22. The molecule has 1 aromatic carbocycles. The fraction of sp³-hybridized carbons (Fsp3) is 0.533. The van der Waals surface area contributed by atoms with Crippen molar-refractivity contribution in [3.63, 3.8) is 0 Å². The zero-order valence-electron chi connectivity index (χ0n) is 13.1. The van der Waals surface area contributed by atoms with E-state index in [0.717, 1.165) is 11.8 Å². The standard InChI is InChI=1S/C15H24N2O3S/c1-12-5-7-13(8-6-12)15(2,3)11-16-14(18)9-10-17-21(4,19)20/h5-8,17H,9-11H2,1-4H3,(H,16,18). The zero-order valence-corrected chi connectivity index (χ0v) is 13.9. The molecule has 1 amide bonds. The highest BCUT2D eigenvalue weighted by atomic mass is 32.2. The van der Waals surface area contributed by atoms with Crippen LogP contribution in [-0.4, -0.2) is 33.7 Å². The highest BCUT2D eigenvalue weighted by molar-refractivity contribution is 7.88. The van der Waals surface area contributed by atoms with Crippen LogP contribution in [-0.2, 0) is 20.2 Å². The summed E-state index contributed by atoms with van der Waals surface area (Å²) in [6, 6.07) is 8.23. The van der Waals surface area contributed by atoms with Crippen molar-refractivity contribution in [1.29, 1.82) is 0 Å². The number of carbonyl (C=O) groups excluding carboxylic acids is 1. The molecule has 0 aliphatic carbocycles. The van der Waals surface area contributed by atoms with Crippen LogP contribution in [0.3, 0.4) is 0 Å². The molecule has 5 nitrogen and oxygen atoms in total. The maximum absolute atomic E-state index is 11.7. The lowest BCUT2D eigenvalue weighted by atomic mass is 9.84. The number of aryl methyl sites for hydroxylation is 1. The number of carbonyl (C=O) groups is 1. The molecule has 2 N–H and O–H groups in total. The Morgan fingerprint density at radius 2 is 1.76 bits per heavy atom. The first-order valence-corrected chi connectivity index (χ1v) is 8.78. The molecule has 0 bridgehead atoms. The van der Waals surface area contributed by atoms with E-state index in [4.69, 9.17) is 0 Å². The van der Waals surface area contributed by atoms with E-state index in [9.17, 15) is 13.2 Å². The van der Waals surface area contributed by atoms with Gasteiger partial charge in [0.15, 0.2) is 0 Å². The maximum Gasteiger partial charge on any atom is 0.221 e. The molecular formula is C15H24N2O3S. The van der Waals surface area contributed by atoms with Gasteiger partial charge in [-0.15, -0.1) is 0 Å². The van der Waals surface area contributed by atoms with Gasteiger partial charge < -0.3 is 5.32 Å². The van der Waals surface area contributed by atoms with Crippen molar-refractivity contribution in [2.24, 2.45) is 0 Å². The van der Waals surface area contributed by atoms with Crippen LogP contribution in [0.1, 0.15) is 31.4 Å². The van der Waals surface area contributed by atoms with Crippen LogP contribution in [0.4, 0.5) is 0 Å². The average Bonchev–Trinajstić information content (AvgIpc) is 2.35. The Morgan fingerprint density at radius 1 is 1.19 bits per heavy atom. The van der Waals surface area contributed by atoms with E-state index in [1.165, 1.54) is 5.56 Å². The Kier molecular flexibility index (Phi) is 5.92. The monoisotopic (exact) mass is 312 g/mol. The van der Waals surface area contributed by atoms with E-state index < -0.39 is 10.0 Å². The molecule has 0 unspecified atom stereocenters. The minimum atomic E-state index is -3.24. The van der Waals surface area contributed by atoms with Gasteiger partial charge in [0.1, 0.15) is 0 Å². The van der Waals surface area contributed by atoms with Gasteiger partial charge in [-0.1, -0.05) is 43.7 Å². The summed E-state index contributed by atoms with van der Waals surface area (Å²) in [7, 11) is -3.24. The van der Waals surface area contributed by atoms with Gasteiger partial charge in [-0.25, -0.2) is 13.1 Å². The minimum Gasteiger partial charge on any atom is -0.355 e. The summed E-state index contributed by atoms with van der Waals surface area (Å²) in [5.41, 5.74) is 2.18. The number of amides is 1. The van der Waals surface area contributed by atoms with Crippen molar-refractivity contribution in [3.8, 4) is 0 Å². The van der Waals surface area contributed by atoms with Crippen LogP contribution in [0, 0.1) is 6.92 Å². The molecule has 0 saturated heterocycles. The molecule has 1 aromatic rings. The molecular weight excluding hydrogens is 288 g/mol. The molecule has 0 aliphatic rings. The Morgan fingerprint density at radius 3 is 2.29 bits per heavy atom. The molecule has 0 fully saturated rings. The average molecular weight is 312 g/mol. The Balaban J connectivity index is 2.46. The third kappa shape index (κ3) is 6.73. The normalized spacial score (nSPS) is 12.2. The van der Waals surface area contributed by atoms with Crippen LogP contribution in [0.2, 0.25) is 0 Å². The number of rotatable bonds is 7.